The van der Waals surface area contributed by atoms with Crippen molar-refractivity contribution in [1.82, 2.24) is 10.2 Å². The lowest BCUT2D eigenvalue weighted by Gasteiger charge is -2.26. The van der Waals surface area contributed by atoms with Crippen molar-refractivity contribution in [3.05, 3.63) is 30.3 Å². The van der Waals surface area contributed by atoms with E-state index in [0.29, 0.717) is 17.1 Å². The van der Waals surface area contributed by atoms with E-state index in [1.54, 1.807) is 24.3 Å². The van der Waals surface area contributed by atoms with E-state index in [2.05, 4.69) is 5.32 Å². The number of aliphatic hydroxyl groups is 1. The SMILES string of the molecule is NC(=O)C1CC(O)(C(F)(F)F)CN1C(=O)CNC(=O)CCCOc1ccccc1. The van der Waals surface area contributed by atoms with E-state index in [4.69, 9.17) is 10.5 Å². The molecule has 1 aliphatic heterocycles. The highest BCUT2D eigenvalue weighted by atomic mass is 19.4. The van der Waals surface area contributed by atoms with Crippen molar-refractivity contribution in [2.45, 2.75) is 37.1 Å². The second-order valence-electron chi connectivity index (χ2n) is 6.72. The number of alkyl halides is 3. The van der Waals surface area contributed by atoms with E-state index in [9.17, 15) is 32.7 Å². The van der Waals surface area contributed by atoms with Gasteiger partial charge in [-0.3, -0.25) is 14.4 Å². The van der Waals surface area contributed by atoms with Crippen molar-refractivity contribution >= 4 is 17.7 Å². The van der Waals surface area contributed by atoms with Gasteiger partial charge >= 0.3 is 6.18 Å². The first-order valence-corrected chi connectivity index (χ1v) is 8.86. The maximum absolute atomic E-state index is 13.0. The maximum atomic E-state index is 13.0. The second-order valence-corrected chi connectivity index (χ2v) is 6.72. The van der Waals surface area contributed by atoms with Gasteiger partial charge in [0.2, 0.25) is 17.7 Å². The molecule has 4 N–H and O–H groups in total. The zero-order valence-corrected chi connectivity index (χ0v) is 15.4. The van der Waals surface area contributed by atoms with E-state index < -0.39 is 55.1 Å². The highest BCUT2D eigenvalue weighted by Crippen LogP contribution is 2.40. The first-order chi connectivity index (χ1) is 13.5. The lowest BCUT2D eigenvalue weighted by molar-refractivity contribution is -0.253. The van der Waals surface area contributed by atoms with E-state index in [-0.39, 0.29) is 13.0 Å². The molecule has 1 aromatic rings. The van der Waals surface area contributed by atoms with Gasteiger partial charge < -0.3 is 25.8 Å². The van der Waals surface area contributed by atoms with E-state index in [1.165, 1.54) is 0 Å². The Bertz CT molecular complexity index is 744. The van der Waals surface area contributed by atoms with Crippen LogP contribution in [0.4, 0.5) is 13.2 Å². The molecule has 2 unspecified atom stereocenters. The van der Waals surface area contributed by atoms with Crippen molar-refractivity contribution in [3.63, 3.8) is 0 Å². The van der Waals surface area contributed by atoms with Crippen LogP contribution in [0.15, 0.2) is 30.3 Å². The number of carbonyl (C=O) groups excluding carboxylic acids is 3. The molecule has 3 amide bonds. The number of hydrogen-bond acceptors (Lipinski definition) is 5. The summed E-state index contributed by atoms with van der Waals surface area (Å²) in [6, 6.07) is 7.33. The van der Waals surface area contributed by atoms with Gasteiger partial charge in [0.15, 0.2) is 5.60 Å². The predicted octanol–water partition coefficient (Wildman–Crippen LogP) is 0.341. The summed E-state index contributed by atoms with van der Waals surface area (Å²) >= 11 is 0. The summed E-state index contributed by atoms with van der Waals surface area (Å²) in [5.41, 5.74) is 1.84. The van der Waals surface area contributed by atoms with E-state index in [0.717, 1.165) is 0 Å². The molecule has 1 saturated heterocycles. The fourth-order valence-electron chi connectivity index (χ4n) is 2.91. The number of ether oxygens (including phenoxy) is 1. The van der Waals surface area contributed by atoms with Crippen LogP contribution in [0.2, 0.25) is 0 Å². The molecule has 29 heavy (non-hydrogen) atoms. The standard InChI is InChI=1S/C18H22F3N3O5/c19-18(20,21)17(28)9-13(16(22)27)24(11-17)15(26)10-23-14(25)7-4-8-29-12-5-2-1-3-6-12/h1-3,5-6,13,28H,4,7-11H2,(H2,22,27)(H,23,25). The van der Waals surface area contributed by atoms with Crippen molar-refractivity contribution < 1.29 is 37.4 Å². The number of para-hydroxylation sites is 1. The van der Waals surface area contributed by atoms with Crippen LogP contribution < -0.4 is 15.8 Å². The number of carbonyl (C=O) groups is 3. The Labute approximate surface area is 164 Å². The molecule has 1 fully saturated rings. The fourth-order valence-corrected chi connectivity index (χ4v) is 2.91. The van der Waals surface area contributed by atoms with Crippen LogP contribution in [-0.2, 0) is 14.4 Å². The molecule has 0 bridgehead atoms. The molecule has 0 aliphatic carbocycles. The Hall–Kier alpha value is -2.82. The number of nitrogens with one attached hydrogen (secondary N) is 1. The van der Waals surface area contributed by atoms with Crippen LogP contribution >= 0.6 is 0 Å². The van der Waals surface area contributed by atoms with Crippen molar-refractivity contribution in [3.8, 4) is 5.75 Å². The molecule has 1 aromatic carbocycles. The zero-order valence-electron chi connectivity index (χ0n) is 15.4. The number of rotatable bonds is 8. The van der Waals surface area contributed by atoms with Gasteiger partial charge in [0, 0.05) is 12.8 Å². The molecule has 0 spiro atoms. The first-order valence-electron chi connectivity index (χ1n) is 8.86. The monoisotopic (exact) mass is 417 g/mol. The molecular weight excluding hydrogens is 395 g/mol. The average Bonchev–Trinajstić information content (AvgIpc) is 3.04. The number of β-amino-alcohol motifs (C(OH)–C–C–N with tert-alkyl or cyclic N) is 1. The number of nitrogens with zero attached hydrogens (tertiary/aromatic N) is 1. The smallest absolute Gasteiger partial charge is 0.419 e. The maximum Gasteiger partial charge on any atom is 0.419 e. The van der Waals surface area contributed by atoms with Gasteiger partial charge in [0.1, 0.15) is 11.8 Å². The van der Waals surface area contributed by atoms with Crippen molar-refractivity contribution in [2.75, 3.05) is 19.7 Å². The molecule has 160 valence electrons. The summed E-state index contributed by atoms with van der Waals surface area (Å²) in [7, 11) is 0. The third kappa shape index (κ3) is 5.83. The summed E-state index contributed by atoms with van der Waals surface area (Å²) in [4.78, 5) is 36.0. The van der Waals surface area contributed by atoms with Gasteiger partial charge in [0.05, 0.1) is 19.7 Å². The molecule has 1 aliphatic rings. The topological polar surface area (TPSA) is 122 Å². The Kier molecular flexibility index (Phi) is 7.07. The lowest BCUT2D eigenvalue weighted by atomic mass is 9.99. The largest absolute Gasteiger partial charge is 0.494 e. The van der Waals surface area contributed by atoms with Gasteiger partial charge in [-0.2, -0.15) is 13.2 Å². The third-order valence-corrected chi connectivity index (χ3v) is 4.51. The zero-order chi connectivity index (χ0) is 21.7. The lowest BCUT2D eigenvalue weighted by Crippen LogP contribution is -2.50. The number of nitrogens with two attached hydrogens (primary N) is 1. The quantitative estimate of drug-likeness (QED) is 0.527. The molecule has 2 atom stereocenters. The number of benzene rings is 1. The van der Waals surface area contributed by atoms with Crippen LogP contribution in [0.3, 0.4) is 0 Å². The van der Waals surface area contributed by atoms with E-state index >= 15 is 0 Å². The number of amides is 3. The second kappa shape index (κ2) is 9.12. The highest BCUT2D eigenvalue weighted by Gasteiger charge is 2.61. The number of primary amides is 1. The molecule has 0 saturated carbocycles. The summed E-state index contributed by atoms with van der Waals surface area (Å²) < 4.78 is 44.4. The molecule has 0 radical (unpaired) electrons. The minimum absolute atomic E-state index is 0.0336. The predicted molar refractivity (Wildman–Crippen MR) is 94.5 cm³/mol. The summed E-state index contributed by atoms with van der Waals surface area (Å²) in [6.45, 7) is -1.47. The molecule has 11 heteroatoms. The molecule has 0 aromatic heterocycles. The normalized spacial score (nSPS) is 21.7. The average molecular weight is 417 g/mol. The minimum Gasteiger partial charge on any atom is -0.494 e. The van der Waals surface area contributed by atoms with Gasteiger partial charge in [-0.1, -0.05) is 18.2 Å². The fraction of sp³-hybridized carbons (Fsp3) is 0.500. The minimum atomic E-state index is -5.03. The van der Waals surface area contributed by atoms with Crippen molar-refractivity contribution in [2.24, 2.45) is 5.73 Å². The van der Waals surface area contributed by atoms with Crippen LogP contribution in [0.25, 0.3) is 0 Å². The molecular formula is C18H22F3N3O5. The third-order valence-electron chi connectivity index (χ3n) is 4.51. The molecule has 1 heterocycles. The van der Waals surface area contributed by atoms with Crippen LogP contribution in [0.5, 0.6) is 5.75 Å². The Morgan fingerprint density at radius 1 is 1.28 bits per heavy atom. The van der Waals surface area contributed by atoms with Gasteiger partial charge in [-0.05, 0) is 18.6 Å². The van der Waals surface area contributed by atoms with Gasteiger partial charge in [0.25, 0.3) is 0 Å². The number of likely N-dealkylation sites (tertiary alicyclic amines) is 1. The Morgan fingerprint density at radius 2 is 1.93 bits per heavy atom. The number of hydrogen-bond donors (Lipinski definition) is 3. The first kappa shape index (κ1) is 22.5. The molecule has 8 nitrogen and oxygen atoms in total. The Balaban J connectivity index is 1.79. The van der Waals surface area contributed by atoms with Gasteiger partial charge in [-0.15, -0.1) is 0 Å². The summed E-state index contributed by atoms with van der Waals surface area (Å²) in [6.07, 6.45) is -5.68. The number of halogens is 3. The van der Waals surface area contributed by atoms with Crippen LogP contribution in [0, 0.1) is 0 Å². The van der Waals surface area contributed by atoms with E-state index in [1.807, 2.05) is 6.07 Å². The summed E-state index contributed by atoms with van der Waals surface area (Å²) in [5, 5.41) is 12.0. The van der Waals surface area contributed by atoms with Crippen LogP contribution in [-0.4, -0.2) is 65.2 Å². The molecule has 2 rings (SSSR count). The van der Waals surface area contributed by atoms with Crippen molar-refractivity contribution in [1.29, 1.82) is 0 Å². The Morgan fingerprint density at radius 3 is 2.52 bits per heavy atom. The summed E-state index contributed by atoms with van der Waals surface area (Å²) in [5.74, 6) is -1.96. The highest BCUT2D eigenvalue weighted by molar-refractivity contribution is 5.90. The van der Waals surface area contributed by atoms with Gasteiger partial charge in [-0.25, -0.2) is 0 Å². The van der Waals surface area contributed by atoms with Crippen LogP contribution in [0.1, 0.15) is 19.3 Å².